The third kappa shape index (κ3) is 5.05. The Morgan fingerprint density at radius 1 is 0.851 bits per heavy atom. The van der Waals surface area contributed by atoms with Gasteiger partial charge in [0.1, 0.15) is 17.0 Å². The first-order valence-electron chi connectivity index (χ1n) is 16.0. The van der Waals surface area contributed by atoms with E-state index in [0.29, 0.717) is 17.3 Å². The average molecular weight is 626 g/mol. The van der Waals surface area contributed by atoms with Crippen molar-refractivity contribution in [3.8, 4) is 34.1 Å². The van der Waals surface area contributed by atoms with Crippen LogP contribution in [0.4, 0.5) is 11.5 Å². The molecule has 236 valence electrons. The van der Waals surface area contributed by atoms with Gasteiger partial charge in [0.25, 0.3) is 10.9 Å². The molecule has 0 aliphatic carbocycles. The number of nitrogens with two attached hydrogens (primary N) is 1. The Balaban J connectivity index is 1.02. The zero-order chi connectivity index (χ0) is 32.1. The molecule has 2 N–H and O–H groups in total. The molecule has 3 aromatic carbocycles. The maximum absolute atomic E-state index is 12.2. The number of methoxy groups -OCH3 is 1. The highest BCUT2D eigenvalue weighted by atomic mass is 16.5. The molecule has 2 saturated heterocycles. The number of pyridine rings is 2. The van der Waals surface area contributed by atoms with Crippen molar-refractivity contribution in [3.63, 3.8) is 0 Å². The fourth-order valence-electron chi connectivity index (χ4n) is 7.32. The van der Waals surface area contributed by atoms with E-state index in [1.54, 1.807) is 6.20 Å². The number of likely N-dealkylation sites (tertiary alicyclic amines) is 1. The van der Waals surface area contributed by atoms with Gasteiger partial charge in [-0.15, -0.1) is 0 Å². The molecule has 2 aliphatic rings. The normalized spacial score (nSPS) is 16.4. The van der Waals surface area contributed by atoms with Gasteiger partial charge in [0, 0.05) is 37.1 Å². The number of aromatic nitrogens is 4. The van der Waals surface area contributed by atoms with Gasteiger partial charge in [-0.1, -0.05) is 42.5 Å². The van der Waals surface area contributed by atoms with Crippen molar-refractivity contribution in [3.05, 3.63) is 111 Å². The van der Waals surface area contributed by atoms with Crippen LogP contribution in [0.1, 0.15) is 24.8 Å². The molecule has 2 fully saturated rings. The van der Waals surface area contributed by atoms with Crippen molar-refractivity contribution >= 4 is 22.7 Å². The highest BCUT2D eigenvalue weighted by Gasteiger charge is 2.43. The maximum Gasteiger partial charge on any atom is 0.272 e. The van der Waals surface area contributed by atoms with Crippen LogP contribution in [-0.4, -0.2) is 57.7 Å². The van der Waals surface area contributed by atoms with Crippen LogP contribution < -0.4 is 26.2 Å². The molecule has 5 heterocycles. The number of benzene rings is 2. The number of nitrogens with zero attached hydrogens (tertiary/aromatic N) is 6. The lowest BCUT2D eigenvalue weighted by Gasteiger charge is -2.39. The lowest BCUT2D eigenvalue weighted by Crippen LogP contribution is -2.44. The standard InChI is InChI=1S/C37H35N7O3/c1-47-33-30(31(45)32(33)46)43-21-17-37(23-43)15-19-42(20-16-37)22-24-9-11-26(12-10-24)44-35(27-8-5-18-39-34(27)38)41-29-14-13-28(40-36(29)44)25-6-3-2-4-7-25/h2-14,18H,15-17,19-23H2,1H3,(H2,38,39). The molecule has 0 saturated carbocycles. The van der Waals surface area contributed by atoms with E-state index in [2.05, 4.69) is 55.7 Å². The van der Waals surface area contributed by atoms with E-state index in [1.807, 2.05) is 42.5 Å². The van der Waals surface area contributed by atoms with Crippen molar-refractivity contribution < 1.29 is 4.74 Å². The molecule has 0 amide bonds. The average Bonchev–Trinajstić information content (AvgIpc) is 3.69. The van der Waals surface area contributed by atoms with Gasteiger partial charge in [0.2, 0.25) is 0 Å². The summed E-state index contributed by atoms with van der Waals surface area (Å²) in [6, 6.07) is 26.6. The van der Waals surface area contributed by atoms with Crippen LogP contribution in [-0.2, 0) is 6.54 Å². The van der Waals surface area contributed by atoms with Crippen molar-refractivity contribution in [2.45, 2.75) is 25.8 Å². The first kappa shape index (κ1) is 29.1. The summed E-state index contributed by atoms with van der Waals surface area (Å²) in [5.41, 5.74) is 12.5. The predicted octanol–water partition coefficient (Wildman–Crippen LogP) is 4.83. The second-order valence-corrected chi connectivity index (χ2v) is 12.8. The van der Waals surface area contributed by atoms with Crippen LogP contribution >= 0.6 is 0 Å². The molecule has 10 heteroatoms. The van der Waals surface area contributed by atoms with Crippen LogP contribution in [0.3, 0.4) is 0 Å². The Bertz CT molecular complexity index is 2160. The molecule has 0 bridgehead atoms. The van der Waals surface area contributed by atoms with Crippen molar-refractivity contribution in [2.24, 2.45) is 5.41 Å². The number of piperidine rings is 1. The summed E-state index contributed by atoms with van der Waals surface area (Å²) >= 11 is 0. The molecule has 10 nitrogen and oxygen atoms in total. The third-order valence-corrected chi connectivity index (χ3v) is 9.97. The van der Waals surface area contributed by atoms with Crippen LogP contribution in [0.15, 0.2) is 94.6 Å². The van der Waals surface area contributed by atoms with E-state index >= 15 is 0 Å². The second-order valence-electron chi connectivity index (χ2n) is 12.8. The summed E-state index contributed by atoms with van der Waals surface area (Å²) < 4.78 is 7.28. The summed E-state index contributed by atoms with van der Waals surface area (Å²) in [6.45, 7) is 4.43. The lowest BCUT2D eigenvalue weighted by atomic mass is 9.77. The van der Waals surface area contributed by atoms with E-state index in [0.717, 1.165) is 85.7 Å². The minimum atomic E-state index is -0.504. The van der Waals surface area contributed by atoms with Crippen LogP contribution in [0.5, 0.6) is 5.75 Å². The predicted molar refractivity (Wildman–Crippen MR) is 184 cm³/mol. The van der Waals surface area contributed by atoms with Crippen molar-refractivity contribution in [2.75, 3.05) is 43.9 Å². The Kier molecular flexibility index (Phi) is 7.10. The molecule has 1 spiro atoms. The van der Waals surface area contributed by atoms with Gasteiger partial charge in [0.05, 0.1) is 18.4 Å². The first-order valence-corrected chi connectivity index (χ1v) is 16.0. The number of rotatable bonds is 7. The highest BCUT2D eigenvalue weighted by molar-refractivity contribution is 5.84. The van der Waals surface area contributed by atoms with Crippen LogP contribution in [0, 0.1) is 5.41 Å². The summed E-state index contributed by atoms with van der Waals surface area (Å²) in [5, 5.41) is 0. The number of imidazole rings is 1. The van der Waals surface area contributed by atoms with E-state index in [4.69, 9.17) is 20.4 Å². The maximum atomic E-state index is 12.2. The number of ether oxygens (including phenoxy) is 1. The van der Waals surface area contributed by atoms with E-state index in [-0.39, 0.29) is 11.2 Å². The van der Waals surface area contributed by atoms with Crippen molar-refractivity contribution in [1.82, 2.24) is 24.4 Å². The van der Waals surface area contributed by atoms with Crippen molar-refractivity contribution in [1.29, 1.82) is 0 Å². The molecule has 8 rings (SSSR count). The van der Waals surface area contributed by atoms with Gasteiger partial charge in [-0.25, -0.2) is 15.0 Å². The Labute approximate surface area is 271 Å². The van der Waals surface area contributed by atoms with Gasteiger partial charge in [-0.05, 0) is 79.7 Å². The molecular formula is C37H35N7O3. The summed E-state index contributed by atoms with van der Waals surface area (Å²) in [7, 11) is 1.46. The molecule has 0 radical (unpaired) electrons. The monoisotopic (exact) mass is 625 g/mol. The summed E-state index contributed by atoms with van der Waals surface area (Å²) in [4.78, 5) is 43.0. The van der Waals surface area contributed by atoms with Gasteiger partial charge in [-0.2, -0.15) is 0 Å². The molecular weight excluding hydrogens is 590 g/mol. The first-order chi connectivity index (χ1) is 22.9. The Morgan fingerprint density at radius 3 is 2.36 bits per heavy atom. The summed E-state index contributed by atoms with van der Waals surface area (Å²) in [5.74, 6) is 1.34. The molecule has 47 heavy (non-hydrogen) atoms. The highest BCUT2D eigenvalue weighted by Crippen LogP contribution is 2.43. The molecule has 2 aliphatic heterocycles. The van der Waals surface area contributed by atoms with Gasteiger partial charge >= 0.3 is 0 Å². The largest absolute Gasteiger partial charge is 0.491 e. The topological polar surface area (TPSA) is 119 Å². The fourth-order valence-corrected chi connectivity index (χ4v) is 7.32. The zero-order valence-electron chi connectivity index (χ0n) is 26.2. The van der Waals surface area contributed by atoms with Gasteiger partial charge in [0.15, 0.2) is 17.2 Å². The molecule has 0 atom stereocenters. The van der Waals surface area contributed by atoms with Crippen LogP contribution in [0.25, 0.3) is 39.5 Å². The lowest BCUT2D eigenvalue weighted by molar-refractivity contribution is 0.115. The minimum absolute atomic E-state index is 0.170. The van der Waals surface area contributed by atoms with Gasteiger partial charge < -0.3 is 15.4 Å². The molecule has 3 aromatic heterocycles. The van der Waals surface area contributed by atoms with E-state index in [9.17, 15) is 9.59 Å². The quantitative estimate of drug-likeness (QED) is 0.249. The third-order valence-electron chi connectivity index (χ3n) is 9.97. The number of fused-ring (bicyclic) bond motifs is 1. The molecule has 6 aromatic rings. The summed E-state index contributed by atoms with van der Waals surface area (Å²) in [6.07, 6.45) is 4.83. The van der Waals surface area contributed by atoms with E-state index in [1.165, 1.54) is 12.7 Å². The Morgan fingerprint density at radius 2 is 1.62 bits per heavy atom. The number of hydrogen-bond donors (Lipinski definition) is 1. The van der Waals surface area contributed by atoms with Gasteiger partial charge in [-0.3, -0.25) is 19.1 Å². The zero-order valence-corrected chi connectivity index (χ0v) is 26.2. The smallest absolute Gasteiger partial charge is 0.272 e. The SMILES string of the molecule is COc1c(N2CCC3(CCN(Cc4ccc(-n5c(-c6cccnc6N)nc6ccc(-c7ccccc7)nc65)cc4)CC3)C2)c(=O)c1=O. The van der Waals surface area contributed by atoms with E-state index < -0.39 is 10.9 Å². The number of anilines is 2. The molecule has 0 unspecified atom stereocenters. The number of nitrogen functional groups attached to an aromatic ring is 1. The number of hydrogen-bond acceptors (Lipinski definition) is 9. The fraction of sp³-hybridized carbons (Fsp3) is 0.270. The van der Waals surface area contributed by atoms with Crippen LogP contribution in [0.2, 0.25) is 0 Å². The second kappa shape index (κ2) is 11.5. The Hall–Kier alpha value is -5.35. The minimum Gasteiger partial charge on any atom is -0.491 e.